The molecular formula is C16H22. The molecule has 86 valence electrons. The van der Waals surface area contributed by atoms with E-state index in [2.05, 4.69) is 42.5 Å². The smallest absolute Gasteiger partial charge is 0.00169 e. The molecule has 0 bridgehead atoms. The SMILES string of the molecule is C1=CCCCC(/C2=C/C=C\CCCC2)C=C1. The molecule has 0 aromatic carbocycles. The Labute approximate surface area is 99.4 Å². The molecule has 2 aliphatic carbocycles. The Morgan fingerprint density at radius 1 is 0.875 bits per heavy atom. The minimum absolute atomic E-state index is 0.688. The van der Waals surface area contributed by atoms with Crippen molar-refractivity contribution in [3.63, 3.8) is 0 Å². The Kier molecular flexibility index (Phi) is 4.67. The lowest BCUT2D eigenvalue weighted by Crippen LogP contribution is -2.03. The summed E-state index contributed by atoms with van der Waals surface area (Å²) in [6.07, 6.45) is 25.2. The molecule has 1 atom stereocenters. The van der Waals surface area contributed by atoms with Crippen LogP contribution < -0.4 is 0 Å². The number of hydrogen-bond donors (Lipinski definition) is 0. The first-order chi connectivity index (χ1) is 7.97. The molecule has 2 aliphatic rings. The van der Waals surface area contributed by atoms with Crippen LogP contribution >= 0.6 is 0 Å². The van der Waals surface area contributed by atoms with Gasteiger partial charge in [-0.05, 0) is 50.9 Å². The third-order valence-electron chi connectivity index (χ3n) is 3.49. The first-order valence-electron chi connectivity index (χ1n) is 6.66. The lowest BCUT2D eigenvalue weighted by atomic mass is 9.87. The Balaban J connectivity index is 2.07. The first-order valence-corrected chi connectivity index (χ1v) is 6.66. The number of hydrogen-bond acceptors (Lipinski definition) is 0. The van der Waals surface area contributed by atoms with E-state index in [1.54, 1.807) is 5.57 Å². The van der Waals surface area contributed by atoms with Gasteiger partial charge in [-0.3, -0.25) is 0 Å². The van der Waals surface area contributed by atoms with Crippen LogP contribution in [-0.2, 0) is 0 Å². The zero-order valence-corrected chi connectivity index (χ0v) is 10.1. The summed E-state index contributed by atoms with van der Waals surface area (Å²) in [6.45, 7) is 0. The van der Waals surface area contributed by atoms with Gasteiger partial charge in [-0.15, -0.1) is 0 Å². The molecule has 0 heteroatoms. The van der Waals surface area contributed by atoms with E-state index in [0.717, 1.165) is 0 Å². The van der Waals surface area contributed by atoms with Gasteiger partial charge >= 0.3 is 0 Å². The van der Waals surface area contributed by atoms with E-state index in [9.17, 15) is 0 Å². The molecule has 0 nitrogen and oxygen atoms in total. The molecule has 0 fully saturated rings. The van der Waals surface area contributed by atoms with Gasteiger partial charge in [-0.25, -0.2) is 0 Å². The summed E-state index contributed by atoms with van der Waals surface area (Å²) in [4.78, 5) is 0. The van der Waals surface area contributed by atoms with Crippen LogP contribution in [0, 0.1) is 5.92 Å². The molecule has 0 aliphatic heterocycles. The van der Waals surface area contributed by atoms with Gasteiger partial charge in [-0.2, -0.15) is 0 Å². The lowest BCUT2D eigenvalue weighted by Gasteiger charge is -2.18. The minimum Gasteiger partial charge on any atom is -0.0845 e. The highest BCUT2D eigenvalue weighted by Crippen LogP contribution is 2.27. The quantitative estimate of drug-likeness (QED) is 0.579. The van der Waals surface area contributed by atoms with E-state index >= 15 is 0 Å². The van der Waals surface area contributed by atoms with Gasteiger partial charge < -0.3 is 0 Å². The maximum absolute atomic E-state index is 2.39. The van der Waals surface area contributed by atoms with Crippen molar-refractivity contribution in [1.82, 2.24) is 0 Å². The van der Waals surface area contributed by atoms with Crippen LogP contribution in [0.15, 0.2) is 48.1 Å². The van der Waals surface area contributed by atoms with Crippen molar-refractivity contribution >= 4 is 0 Å². The van der Waals surface area contributed by atoms with Crippen molar-refractivity contribution in [1.29, 1.82) is 0 Å². The van der Waals surface area contributed by atoms with Crippen molar-refractivity contribution in [2.75, 3.05) is 0 Å². The summed E-state index contributed by atoms with van der Waals surface area (Å²) in [6, 6.07) is 0. The highest BCUT2D eigenvalue weighted by atomic mass is 14.2. The minimum atomic E-state index is 0.688. The molecular weight excluding hydrogens is 192 g/mol. The van der Waals surface area contributed by atoms with Gasteiger partial charge in [-0.1, -0.05) is 48.1 Å². The summed E-state index contributed by atoms with van der Waals surface area (Å²) < 4.78 is 0. The van der Waals surface area contributed by atoms with Crippen LogP contribution in [0.4, 0.5) is 0 Å². The molecule has 0 amide bonds. The molecule has 0 N–H and O–H groups in total. The predicted molar refractivity (Wildman–Crippen MR) is 71.3 cm³/mol. The van der Waals surface area contributed by atoms with E-state index in [1.807, 2.05) is 0 Å². The summed E-state index contributed by atoms with van der Waals surface area (Å²) >= 11 is 0. The lowest BCUT2D eigenvalue weighted by molar-refractivity contribution is 0.591. The van der Waals surface area contributed by atoms with Crippen molar-refractivity contribution in [2.45, 2.75) is 44.9 Å². The monoisotopic (exact) mass is 214 g/mol. The molecule has 0 spiro atoms. The molecule has 16 heavy (non-hydrogen) atoms. The Morgan fingerprint density at radius 2 is 1.75 bits per heavy atom. The van der Waals surface area contributed by atoms with E-state index < -0.39 is 0 Å². The molecule has 2 rings (SSSR count). The van der Waals surface area contributed by atoms with Crippen molar-refractivity contribution in [2.24, 2.45) is 5.92 Å². The van der Waals surface area contributed by atoms with Crippen LogP contribution in [0.3, 0.4) is 0 Å². The first kappa shape index (κ1) is 11.4. The zero-order chi connectivity index (χ0) is 11.1. The molecule has 0 heterocycles. The zero-order valence-electron chi connectivity index (χ0n) is 10.1. The van der Waals surface area contributed by atoms with Crippen molar-refractivity contribution in [3.05, 3.63) is 48.1 Å². The maximum Gasteiger partial charge on any atom is -0.00169 e. The Hall–Kier alpha value is -1.04. The van der Waals surface area contributed by atoms with Crippen molar-refractivity contribution < 1.29 is 0 Å². The average molecular weight is 214 g/mol. The topological polar surface area (TPSA) is 0 Å². The molecule has 1 unspecified atom stereocenters. The second-order valence-corrected chi connectivity index (χ2v) is 4.77. The van der Waals surface area contributed by atoms with Gasteiger partial charge in [0.25, 0.3) is 0 Å². The van der Waals surface area contributed by atoms with Crippen LogP contribution in [0.2, 0.25) is 0 Å². The van der Waals surface area contributed by atoms with Gasteiger partial charge in [0, 0.05) is 0 Å². The molecule has 0 aromatic rings. The number of allylic oxidation sites excluding steroid dienone is 8. The highest BCUT2D eigenvalue weighted by Gasteiger charge is 2.11. The average Bonchev–Trinajstić information content (AvgIpc) is 2.18. The highest BCUT2D eigenvalue weighted by molar-refractivity contribution is 5.22. The maximum atomic E-state index is 2.39. The fourth-order valence-corrected chi connectivity index (χ4v) is 2.51. The van der Waals surface area contributed by atoms with Gasteiger partial charge in [0.2, 0.25) is 0 Å². The third kappa shape index (κ3) is 3.52. The van der Waals surface area contributed by atoms with Gasteiger partial charge in [0.15, 0.2) is 0 Å². The summed E-state index contributed by atoms with van der Waals surface area (Å²) in [5, 5.41) is 0. The molecule has 0 saturated heterocycles. The van der Waals surface area contributed by atoms with E-state index in [1.165, 1.54) is 44.9 Å². The fraction of sp³-hybridized carbons (Fsp3) is 0.500. The largest absolute Gasteiger partial charge is 0.0845 e. The van der Waals surface area contributed by atoms with Crippen molar-refractivity contribution in [3.8, 4) is 0 Å². The molecule has 0 aromatic heterocycles. The molecule has 0 radical (unpaired) electrons. The van der Waals surface area contributed by atoms with E-state index in [4.69, 9.17) is 0 Å². The van der Waals surface area contributed by atoms with Gasteiger partial charge in [0.05, 0.1) is 0 Å². The van der Waals surface area contributed by atoms with Crippen LogP contribution in [-0.4, -0.2) is 0 Å². The second kappa shape index (κ2) is 6.52. The standard InChI is InChI=1S/C16H22/c1-3-7-11-15(12-8-4-1)16-13-9-5-2-6-10-14-16/h1,3,5,7,9,11,13,15H,2,4,6,8,10,12,14H2/b3-1?,9-5-,11-7?,16-13+. The van der Waals surface area contributed by atoms with Gasteiger partial charge in [0.1, 0.15) is 0 Å². The number of rotatable bonds is 1. The fourth-order valence-electron chi connectivity index (χ4n) is 2.51. The third-order valence-corrected chi connectivity index (χ3v) is 3.49. The Morgan fingerprint density at radius 3 is 2.75 bits per heavy atom. The van der Waals surface area contributed by atoms with Crippen LogP contribution in [0.5, 0.6) is 0 Å². The summed E-state index contributed by atoms with van der Waals surface area (Å²) in [5.41, 5.74) is 1.64. The van der Waals surface area contributed by atoms with Crippen LogP contribution in [0.25, 0.3) is 0 Å². The summed E-state index contributed by atoms with van der Waals surface area (Å²) in [7, 11) is 0. The predicted octanol–water partition coefficient (Wildman–Crippen LogP) is 4.96. The molecule has 0 saturated carbocycles. The van der Waals surface area contributed by atoms with E-state index in [-0.39, 0.29) is 0 Å². The second-order valence-electron chi connectivity index (χ2n) is 4.77. The normalized spacial score (nSPS) is 31.8. The Bertz CT molecular complexity index is 315. The summed E-state index contributed by atoms with van der Waals surface area (Å²) in [5.74, 6) is 0.688. The van der Waals surface area contributed by atoms with Crippen LogP contribution in [0.1, 0.15) is 44.9 Å². The van der Waals surface area contributed by atoms with E-state index in [0.29, 0.717) is 5.92 Å².